The number of benzene rings is 1. The molecule has 1 aliphatic rings. The van der Waals surface area contributed by atoms with E-state index in [1.807, 2.05) is 28.7 Å². The maximum atomic E-state index is 12.3. The molecule has 1 saturated carbocycles. The number of aromatic carboxylic acids is 1. The van der Waals surface area contributed by atoms with E-state index >= 15 is 0 Å². The summed E-state index contributed by atoms with van der Waals surface area (Å²) in [5.41, 5.74) is 0.335. The molecule has 1 aromatic rings. The summed E-state index contributed by atoms with van der Waals surface area (Å²) in [6.07, 6.45) is 2.12. The second-order valence-electron chi connectivity index (χ2n) is 4.76. The molecular formula is C14H14IN3O3. The summed E-state index contributed by atoms with van der Waals surface area (Å²) in [4.78, 5) is 25.1. The molecule has 1 fully saturated rings. The summed E-state index contributed by atoms with van der Waals surface area (Å²) < 4.78 is 0.784. The van der Waals surface area contributed by atoms with Crippen LogP contribution in [-0.4, -0.2) is 34.6 Å². The molecule has 0 aliphatic heterocycles. The van der Waals surface area contributed by atoms with Gasteiger partial charge in [-0.2, -0.15) is 5.26 Å². The highest BCUT2D eigenvalue weighted by Crippen LogP contribution is 2.28. The molecule has 1 aromatic carbocycles. The van der Waals surface area contributed by atoms with Gasteiger partial charge in [0.05, 0.1) is 23.7 Å². The third-order valence-electron chi connectivity index (χ3n) is 3.17. The van der Waals surface area contributed by atoms with Crippen molar-refractivity contribution < 1.29 is 14.7 Å². The Morgan fingerprint density at radius 2 is 2.19 bits per heavy atom. The Morgan fingerprint density at radius 3 is 2.76 bits per heavy atom. The predicted octanol–water partition coefficient (Wildman–Crippen LogP) is 2.90. The summed E-state index contributed by atoms with van der Waals surface area (Å²) in [6.45, 7) is 0.361. The predicted molar refractivity (Wildman–Crippen MR) is 85.1 cm³/mol. The molecule has 0 atom stereocenters. The highest BCUT2D eigenvalue weighted by Gasteiger charge is 2.32. The lowest BCUT2D eigenvalue weighted by Crippen LogP contribution is -2.37. The number of carbonyl (C=O) groups is 2. The summed E-state index contributed by atoms with van der Waals surface area (Å²) in [5.74, 6) is -1.08. The number of amides is 2. The van der Waals surface area contributed by atoms with Crippen molar-refractivity contribution in [2.75, 3.05) is 11.9 Å². The Bertz CT molecular complexity index is 608. The van der Waals surface area contributed by atoms with Crippen LogP contribution in [-0.2, 0) is 0 Å². The van der Waals surface area contributed by atoms with E-state index in [1.54, 1.807) is 17.0 Å². The molecular weight excluding hydrogens is 385 g/mol. The van der Waals surface area contributed by atoms with Crippen molar-refractivity contribution in [1.29, 1.82) is 5.26 Å². The van der Waals surface area contributed by atoms with Crippen LogP contribution in [0.5, 0.6) is 0 Å². The van der Waals surface area contributed by atoms with Gasteiger partial charge in [0.1, 0.15) is 0 Å². The Morgan fingerprint density at radius 1 is 1.48 bits per heavy atom. The number of halogens is 1. The Labute approximate surface area is 135 Å². The number of rotatable bonds is 5. The summed E-state index contributed by atoms with van der Waals surface area (Å²) in [6, 6.07) is 6.66. The van der Waals surface area contributed by atoms with E-state index in [0.717, 1.165) is 16.4 Å². The number of carboxylic acids is 1. The van der Waals surface area contributed by atoms with E-state index in [4.69, 9.17) is 5.26 Å². The lowest BCUT2D eigenvalue weighted by Gasteiger charge is -2.22. The van der Waals surface area contributed by atoms with E-state index in [0.29, 0.717) is 6.54 Å². The maximum Gasteiger partial charge on any atom is 0.337 e. The molecule has 7 heteroatoms. The summed E-state index contributed by atoms with van der Waals surface area (Å²) in [7, 11) is 0. The van der Waals surface area contributed by atoms with E-state index in [-0.39, 0.29) is 29.7 Å². The second-order valence-corrected chi connectivity index (χ2v) is 6.00. The van der Waals surface area contributed by atoms with Crippen molar-refractivity contribution in [3.05, 3.63) is 27.3 Å². The SMILES string of the molecule is N#CCCN(C(=O)Nc1ccc(I)cc1C(=O)O)C1CC1. The Kier molecular flexibility index (Phi) is 5.01. The first-order chi connectivity index (χ1) is 10.0. The van der Waals surface area contributed by atoms with Gasteiger partial charge in [-0.15, -0.1) is 0 Å². The van der Waals surface area contributed by atoms with Gasteiger partial charge in [-0.05, 0) is 53.6 Å². The molecule has 6 nitrogen and oxygen atoms in total. The van der Waals surface area contributed by atoms with Crippen LogP contribution in [0, 0.1) is 14.9 Å². The molecule has 110 valence electrons. The quantitative estimate of drug-likeness (QED) is 0.745. The Balaban J connectivity index is 2.14. The highest BCUT2D eigenvalue weighted by molar-refractivity contribution is 14.1. The molecule has 0 spiro atoms. The van der Waals surface area contributed by atoms with Crippen LogP contribution in [0.4, 0.5) is 10.5 Å². The van der Waals surface area contributed by atoms with Crippen molar-refractivity contribution in [2.24, 2.45) is 0 Å². The van der Waals surface area contributed by atoms with Gasteiger partial charge < -0.3 is 15.3 Å². The number of hydrogen-bond donors (Lipinski definition) is 2. The lowest BCUT2D eigenvalue weighted by atomic mass is 10.2. The van der Waals surface area contributed by atoms with Crippen molar-refractivity contribution in [2.45, 2.75) is 25.3 Å². The molecule has 0 unspecified atom stereocenters. The molecule has 0 bridgehead atoms. The van der Waals surface area contributed by atoms with Gasteiger partial charge in [-0.1, -0.05) is 0 Å². The second kappa shape index (κ2) is 6.76. The summed E-state index contributed by atoms with van der Waals surface area (Å²) in [5, 5.41) is 20.5. The first kappa shape index (κ1) is 15.6. The minimum absolute atomic E-state index is 0.0614. The van der Waals surface area contributed by atoms with Crippen molar-refractivity contribution in [3.63, 3.8) is 0 Å². The zero-order chi connectivity index (χ0) is 15.4. The van der Waals surface area contributed by atoms with Gasteiger partial charge in [-0.3, -0.25) is 0 Å². The number of carboxylic acid groups (broad SMARTS) is 1. The van der Waals surface area contributed by atoms with E-state index in [1.165, 1.54) is 6.07 Å². The number of urea groups is 1. The minimum atomic E-state index is -1.08. The highest BCUT2D eigenvalue weighted by atomic mass is 127. The van der Waals surface area contributed by atoms with E-state index < -0.39 is 5.97 Å². The first-order valence-electron chi connectivity index (χ1n) is 6.50. The summed E-state index contributed by atoms with van der Waals surface area (Å²) >= 11 is 2.02. The number of anilines is 1. The van der Waals surface area contributed by atoms with Gasteiger partial charge in [-0.25, -0.2) is 9.59 Å². The van der Waals surface area contributed by atoms with Crippen LogP contribution in [0.2, 0.25) is 0 Å². The Hall–Kier alpha value is -1.82. The lowest BCUT2D eigenvalue weighted by molar-refractivity contribution is 0.0698. The number of nitriles is 1. The fourth-order valence-electron chi connectivity index (χ4n) is 2.00. The van der Waals surface area contributed by atoms with Crippen molar-refractivity contribution >= 4 is 40.3 Å². The fraction of sp³-hybridized carbons (Fsp3) is 0.357. The zero-order valence-corrected chi connectivity index (χ0v) is 13.3. The van der Waals surface area contributed by atoms with Gasteiger partial charge in [0.2, 0.25) is 0 Å². The maximum absolute atomic E-state index is 12.3. The molecule has 0 saturated heterocycles. The zero-order valence-electron chi connectivity index (χ0n) is 11.2. The van der Waals surface area contributed by atoms with E-state index in [2.05, 4.69) is 5.32 Å². The monoisotopic (exact) mass is 399 g/mol. The number of nitrogens with one attached hydrogen (secondary N) is 1. The smallest absolute Gasteiger partial charge is 0.337 e. The molecule has 1 aliphatic carbocycles. The van der Waals surface area contributed by atoms with E-state index in [9.17, 15) is 14.7 Å². The average Bonchev–Trinajstić information content (AvgIpc) is 3.25. The molecule has 0 aromatic heterocycles. The van der Waals surface area contributed by atoms with Crippen LogP contribution >= 0.6 is 22.6 Å². The first-order valence-corrected chi connectivity index (χ1v) is 7.58. The number of nitrogens with zero attached hydrogens (tertiary/aromatic N) is 2. The van der Waals surface area contributed by atoms with Gasteiger partial charge >= 0.3 is 12.0 Å². The molecule has 0 heterocycles. The van der Waals surface area contributed by atoms with Crippen LogP contribution in [0.1, 0.15) is 29.6 Å². The van der Waals surface area contributed by atoms with Crippen molar-refractivity contribution in [1.82, 2.24) is 4.90 Å². The van der Waals surface area contributed by atoms with Crippen LogP contribution in [0.25, 0.3) is 0 Å². The third-order valence-corrected chi connectivity index (χ3v) is 3.84. The standard InChI is InChI=1S/C14H14IN3O3/c15-9-2-5-12(11(8-9)13(19)20)17-14(21)18(7-1-6-16)10-3-4-10/h2,5,8,10H,1,3-4,7H2,(H,17,21)(H,19,20). The molecule has 2 rings (SSSR count). The largest absolute Gasteiger partial charge is 0.478 e. The van der Waals surface area contributed by atoms with Crippen LogP contribution in [0.15, 0.2) is 18.2 Å². The molecule has 2 N–H and O–H groups in total. The molecule has 0 radical (unpaired) electrons. The minimum Gasteiger partial charge on any atom is -0.478 e. The van der Waals surface area contributed by atoms with Crippen LogP contribution in [0.3, 0.4) is 0 Å². The van der Waals surface area contributed by atoms with Gasteiger partial charge in [0.15, 0.2) is 0 Å². The third kappa shape index (κ3) is 4.07. The number of carbonyl (C=O) groups excluding carboxylic acids is 1. The van der Waals surface area contributed by atoms with Gasteiger partial charge in [0, 0.05) is 16.2 Å². The van der Waals surface area contributed by atoms with Crippen molar-refractivity contribution in [3.8, 4) is 6.07 Å². The average molecular weight is 399 g/mol. The molecule has 21 heavy (non-hydrogen) atoms. The fourth-order valence-corrected chi connectivity index (χ4v) is 2.49. The molecule has 2 amide bonds. The normalized spacial score (nSPS) is 13.3. The van der Waals surface area contributed by atoms with Crippen LogP contribution < -0.4 is 5.32 Å². The topological polar surface area (TPSA) is 93.4 Å². The van der Waals surface area contributed by atoms with Gasteiger partial charge in [0.25, 0.3) is 0 Å². The number of hydrogen-bond acceptors (Lipinski definition) is 3.